The van der Waals surface area contributed by atoms with Crippen LogP contribution in [0, 0.1) is 5.92 Å². The zero-order valence-electron chi connectivity index (χ0n) is 29.0. The number of aliphatic hydroxyl groups is 3. The van der Waals surface area contributed by atoms with E-state index in [0.717, 1.165) is 17.5 Å². The predicted octanol–water partition coefficient (Wildman–Crippen LogP) is 3.80. The number of hydrogen-bond donors (Lipinski definition) is 4. The lowest BCUT2D eigenvalue weighted by atomic mass is 9.82. The summed E-state index contributed by atoms with van der Waals surface area (Å²) >= 11 is 0. The summed E-state index contributed by atoms with van der Waals surface area (Å²) in [6.45, 7) is 5.16. The van der Waals surface area contributed by atoms with Gasteiger partial charge in [-0.15, -0.1) is 0 Å². The predicted molar refractivity (Wildman–Crippen MR) is 192 cm³/mol. The molecule has 3 aromatic carbocycles. The third-order valence-corrected chi connectivity index (χ3v) is 9.48. The van der Waals surface area contributed by atoms with Crippen molar-refractivity contribution >= 4 is 34.8 Å². The van der Waals surface area contributed by atoms with Gasteiger partial charge in [0.1, 0.15) is 5.75 Å². The van der Waals surface area contributed by atoms with Gasteiger partial charge in [0.05, 0.1) is 30.6 Å². The number of fused-ring (bicyclic) bond motifs is 2. The number of hydrogen-bond acceptors (Lipinski definition) is 8. The van der Waals surface area contributed by atoms with Crippen molar-refractivity contribution in [3.63, 3.8) is 0 Å². The van der Waals surface area contributed by atoms with Gasteiger partial charge in [0.15, 0.2) is 5.60 Å². The fourth-order valence-corrected chi connectivity index (χ4v) is 6.76. The Balaban J connectivity index is 1.42. The van der Waals surface area contributed by atoms with E-state index in [-0.39, 0.29) is 38.0 Å². The first-order valence-corrected chi connectivity index (χ1v) is 17.3. The van der Waals surface area contributed by atoms with Crippen LogP contribution < -0.4 is 19.9 Å². The maximum atomic E-state index is 14.1. The molecule has 11 nitrogen and oxygen atoms in total. The maximum absolute atomic E-state index is 14.1. The molecule has 2 aliphatic rings. The minimum atomic E-state index is -1.95. The molecular formula is C39H48N4O7. The second kappa shape index (κ2) is 16.4. The first kappa shape index (κ1) is 36.7. The standard InChI is InChI=1S/C39H48N4O7/c1-4-50-31-16-18-34-29(23-31)24-33(40-19-8-9-21-44)37(47)43(34)30-15-17-35-32(25-30)39(49,38(48)41(35)3)27(2)11-10-14-36(46)42(20-22-45)26-28-12-6-5-7-13-28/h5-7,10-13,15-18,23,25,27,33,40,44-45,49H,4,8-9,14,19-22,24,26H2,1-3H3/b11-10+/t27-,33?,39+/m1/s1. The van der Waals surface area contributed by atoms with Crippen LogP contribution in [0.5, 0.6) is 5.75 Å². The van der Waals surface area contributed by atoms with Gasteiger partial charge in [-0.3, -0.25) is 19.3 Å². The Morgan fingerprint density at radius 3 is 2.54 bits per heavy atom. The smallest absolute Gasteiger partial charge is 0.264 e. The van der Waals surface area contributed by atoms with Gasteiger partial charge in [-0.1, -0.05) is 49.4 Å². The molecule has 3 atom stereocenters. The lowest BCUT2D eigenvalue weighted by Gasteiger charge is -2.35. The summed E-state index contributed by atoms with van der Waals surface area (Å²) in [4.78, 5) is 45.6. The maximum Gasteiger partial charge on any atom is 0.264 e. The molecule has 3 aromatic rings. The van der Waals surface area contributed by atoms with Gasteiger partial charge in [0.2, 0.25) is 11.8 Å². The van der Waals surface area contributed by atoms with E-state index >= 15 is 0 Å². The quantitative estimate of drug-likeness (QED) is 0.132. The number of nitrogens with zero attached hydrogens (tertiary/aromatic N) is 3. The summed E-state index contributed by atoms with van der Waals surface area (Å²) in [6.07, 6.45) is 5.16. The molecule has 0 fully saturated rings. The number of benzene rings is 3. The number of amides is 3. The molecule has 11 heteroatoms. The molecule has 0 radical (unpaired) electrons. The number of carbonyl (C=O) groups excluding carboxylic acids is 3. The Labute approximate surface area is 293 Å². The molecule has 5 rings (SSSR count). The number of rotatable bonds is 16. The van der Waals surface area contributed by atoms with Crippen molar-refractivity contribution in [1.29, 1.82) is 0 Å². The third kappa shape index (κ3) is 7.61. The molecule has 0 saturated carbocycles. The van der Waals surface area contributed by atoms with E-state index in [4.69, 9.17) is 4.74 Å². The summed E-state index contributed by atoms with van der Waals surface area (Å²) in [6, 6.07) is 19.9. The Morgan fingerprint density at radius 2 is 1.82 bits per heavy atom. The summed E-state index contributed by atoms with van der Waals surface area (Å²) < 4.78 is 5.76. The van der Waals surface area contributed by atoms with E-state index in [1.807, 2.05) is 55.5 Å². The van der Waals surface area contributed by atoms with Crippen molar-refractivity contribution in [3.05, 3.63) is 95.6 Å². The van der Waals surface area contributed by atoms with Crippen LogP contribution in [-0.2, 0) is 33.0 Å². The largest absolute Gasteiger partial charge is 0.494 e. The van der Waals surface area contributed by atoms with Crippen molar-refractivity contribution in [3.8, 4) is 5.75 Å². The fraction of sp³-hybridized carbons (Fsp3) is 0.410. The molecule has 4 N–H and O–H groups in total. The molecule has 1 unspecified atom stereocenters. The van der Waals surface area contributed by atoms with Gasteiger partial charge >= 0.3 is 0 Å². The van der Waals surface area contributed by atoms with E-state index in [9.17, 15) is 29.7 Å². The SMILES string of the molecule is CCOc1ccc2c(c1)CC(NCCCCO)C(=O)N2c1ccc2c(c1)[C@@](O)([C@H](C)/C=C/CC(=O)N(CCO)Cc1ccccc1)C(=O)N2C. The molecular weight excluding hydrogens is 636 g/mol. The number of likely N-dealkylation sites (N-methyl/N-ethyl adjacent to an activating group) is 1. The van der Waals surface area contributed by atoms with Gasteiger partial charge in [-0.2, -0.15) is 0 Å². The van der Waals surface area contributed by atoms with Crippen molar-refractivity contribution < 1.29 is 34.4 Å². The van der Waals surface area contributed by atoms with Crippen LogP contribution in [0.2, 0.25) is 0 Å². The van der Waals surface area contributed by atoms with Crippen LogP contribution in [0.4, 0.5) is 17.1 Å². The van der Waals surface area contributed by atoms with Crippen LogP contribution in [-0.4, -0.2) is 83.9 Å². The number of aliphatic hydroxyl groups excluding tert-OH is 2. The number of ether oxygens (including phenoxy) is 1. The monoisotopic (exact) mass is 684 g/mol. The van der Waals surface area contributed by atoms with Crippen molar-refractivity contribution in [2.24, 2.45) is 5.92 Å². The summed E-state index contributed by atoms with van der Waals surface area (Å²) in [5.74, 6) is -0.879. The highest BCUT2D eigenvalue weighted by atomic mass is 16.5. The zero-order valence-corrected chi connectivity index (χ0v) is 29.0. The van der Waals surface area contributed by atoms with Gasteiger partial charge in [0, 0.05) is 50.3 Å². The van der Waals surface area contributed by atoms with E-state index in [1.54, 1.807) is 54.1 Å². The molecule has 2 aliphatic heterocycles. The van der Waals surface area contributed by atoms with E-state index in [2.05, 4.69) is 5.32 Å². The number of anilines is 3. The molecule has 0 aromatic heterocycles. The average molecular weight is 685 g/mol. The van der Waals surface area contributed by atoms with Crippen LogP contribution >= 0.6 is 0 Å². The van der Waals surface area contributed by atoms with Crippen molar-refractivity contribution in [2.45, 2.75) is 57.7 Å². The van der Waals surface area contributed by atoms with Crippen LogP contribution in [0.15, 0.2) is 78.9 Å². The lowest BCUT2D eigenvalue weighted by Crippen LogP contribution is -2.49. The van der Waals surface area contributed by atoms with Crippen LogP contribution in [0.3, 0.4) is 0 Å². The summed E-state index contributed by atoms with van der Waals surface area (Å²) in [7, 11) is 1.61. The highest BCUT2D eigenvalue weighted by Crippen LogP contribution is 2.47. The highest BCUT2D eigenvalue weighted by molar-refractivity contribution is 6.10. The first-order valence-electron chi connectivity index (χ1n) is 17.3. The van der Waals surface area contributed by atoms with E-state index in [1.165, 1.54) is 4.90 Å². The van der Waals surface area contributed by atoms with E-state index < -0.39 is 23.5 Å². The topological polar surface area (TPSA) is 143 Å². The molecule has 3 amide bonds. The number of nitrogens with one attached hydrogen (secondary N) is 1. The zero-order chi connectivity index (χ0) is 35.8. The van der Waals surface area contributed by atoms with E-state index in [0.29, 0.717) is 60.9 Å². The highest BCUT2D eigenvalue weighted by Gasteiger charge is 2.52. The fourth-order valence-electron chi connectivity index (χ4n) is 6.76. The Bertz CT molecular complexity index is 1700. The summed E-state index contributed by atoms with van der Waals surface area (Å²) in [5.41, 5.74) is 2.03. The molecule has 266 valence electrons. The molecule has 2 heterocycles. The van der Waals surface area contributed by atoms with Crippen LogP contribution in [0.25, 0.3) is 0 Å². The lowest BCUT2D eigenvalue weighted by molar-refractivity contribution is -0.139. The Kier molecular flexibility index (Phi) is 12.1. The Morgan fingerprint density at radius 1 is 1.06 bits per heavy atom. The molecule has 0 bridgehead atoms. The van der Waals surface area contributed by atoms with Crippen LogP contribution in [0.1, 0.15) is 49.8 Å². The van der Waals surface area contributed by atoms with Crippen molar-refractivity contribution in [2.75, 3.05) is 49.8 Å². The van der Waals surface area contributed by atoms with Gasteiger partial charge in [0.25, 0.3) is 5.91 Å². The minimum Gasteiger partial charge on any atom is -0.494 e. The first-order chi connectivity index (χ1) is 24.1. The molecule has 50 heavy (non-hydrogen) atoms. The van der Waals surface area contributed by atoms with Gasteiger partial charge in [-0.05, 0) is 80.3 Å². The Hall–Kier alpha value is -4.55. The second-order valence-electron chi connectivity index (χ2n) is 12.8. The molecule has 0 spiro atoms. The second-order valence-corrected chi connectivity index (χ2v) is 12.8. The normalized spacial score (nSPS) is 19.1. The summed E-state index contributed by atoms with van der Waals surface area (Å²) in [5, 5.41) is 34.3. The minimum absolute atomic E-state index is 0.0275. The average Bonchev–Trinajstić information content (AvgIpc) is 3.31. The van der Waals surface area contributed by atoms with Gasteiger partial charge < -0.3 is 35.2 Å². The van der Waals surface area contributed by atoms with Crippen molar-refractivity contribution in [1.82, 2.24) is 10.2 Å². The van der Waals surface area contributed by atoms with Gasteiger partial charge in [-0.25, -0.2) is 0 Å². The molecule has 0 saturated heterocycles. The number of unbranched alkanes of at least 4 members (excludes halogenated alkanes) is 1. The third-order valence-electron chi connectivity index (χ3n) is 9.48. The number of carbonyl (C=O) groups is 3. The molecule has 0 aliphatic carbocycles.